The average molecular weight is 300 g/mol. The third-order valence-corrected chi connectivity index (χ3v) is 3.39. The lowest BCUT2D eigenvalue weighted by molar-refractivity contribution is 0.112. The van der Waals surface area contributed by atoms with E-state index in [-0.39, 0.29) is 0 Å². The van der Waals surface area contributed by atoms with Gasteiger partial charge >= 0.3 is 0 Å². The summed E-state index contributed by atoms with van der Waals surface area (Å²) < 4.78 is 16.8. The molecule has 0 fully saturated rings. The van der Waals surface area contributed by atoms with Gasteiger partial charge in [-0.25, -0.2) is 0 Å². The summed E-state index contributed by atoms with van der Waals surface area (Å²) in [6.07, 6.45) is 0.755. The summed E-state index contributed by atoms with van der Waals surface area (Å²) in [7, 11) is 1.53. The van der Waals surface area contributed by atoms with Crippen LogP contribution in [-0.2, 0) is 0 Å². The van der Waals surface area contributed by atoms with Crippen molar-refractivity contribution >= 4 is 6.29 Å². The maximum atomic E-state index is 11.1. The molecule has 0 aliphatic rings. The Labute approximate surface area is 130 Å². The van der Waals surface area contributed by atoms with Crippen LogP contribution < -0.4 is 14.2 Å². The lowest BCUT2D eigenvalue weighted by atomic mass is 10.1. The van der Waals surface area contributed by atoms with Crippen molar-refractivity contribution in [3.8, 4) is 23.0 Å². The van der Waals surface area contributed by atoms with Gasteiger partial charge in [0, 0.05) is 5.56 Å². The third kappa shape index (κ3) is 3.39. The number of aldehydes is 1. The highest BCUT2D eigenvalue weighted by atomic mass is 16.5. The van der Waals surface area contributed by atoms with Gasteiger partial charge in [-0.1, -0.05) is 6.07 Å². The maximum absolute atomic E-state index is 11.1. The van der Waals surface area contributed by atoms with Crippen LogP contribution in [0.25, 0.3) is 0 Å². The standard InChI is InChI=1S/C18H20O4/c1-5-21-18-16(20-4)9-14(11-19)10-17(18)22-15-7-6-12(2)13(3)8-15/h6-11H,5H2,1-4H3. The first-order chi connectivity index (χ1) is 10.6. The average Bonchev–Trinajstić information content (AvgIpc) is 2.52. The van der Waals surface area contributed by atoms with Crippen LogP contribution in [0.2, 0.25) is 0 Å². The number of carbonyl (C=O) groups excluding carboxylic acids is 1. The van der Waals surface area contributed by atoms with E-state index in [4.69, 9.17) is 14.2 Å². The van der Waals surface area contributed by atoms with Crippen LogP contribution in [-0.4, -0.2) is 20.0 Å². The maximum Gasteiger partial charge on any atom is 0.204 e. The zero-order valence-corrected chi connectivity index (χ0v) is 13.3. The predicted molar refractivity (Wildman–Crippen MR) is 85.5 cm³/mol. The van der Waals surface area contributed by atoms with Gasteiger partial charge in [-0.05, 0) is 56.2 Å². The van der Waals surface area contributed by atoms with Gasteiger partial charge < -0.3 is 14.2 Å². The molecular weight excluding hydrogens is 280 g/mol. The van der Waals surface area contributed by atoms with Crippen LogP contribution in [0, 0.1) is 13.8 Å². The smallest absolute Gasteiger partial charge is 0.204 e. The molecule has 0 bridgehead atoms. The van der Waals surface area contributed by atoms with Gasteiger partial charge in [0.15, 0.2) is 11.5 Å². The summed E-state index contributed by atoms with van der Waals surface area (Å²) in [6, 6.07) is 9.11. The molecule has 2 aromatic carbocycles. The third-order valence-electron chi connectivity index (χ3n) is 3.39. The molecule has 0 heterocycles. The van der Waals surface area contributed by atoms with Crippen molar-refractivity contribution in [3.63, 3.8) is 0 Å². The van der Waals surface area contributed by atoms with E-state index in [1.54, 1.807) is 12.1 Å². The number of carbonyl (C=O) groups is 1. The molecule has 0 atom stereocenters. The highest BCUT2D eigenvalue weighted by molar-refractivity contribution is 5.78. The Morgan fingerprint density at radius 2 is 1.77 bits per heavy atom. The van der Waals surface area contributed by atoms with Gasteiger partial charge in [-0.2, -0.15) is 0 Å². The first kappa shape index (κ1) is 15.9. The van der Waals surface area contributed by atoms with E-state index < -0.39 is 0 Å². The molecule has 0 N–H and O–H groups in total. The normalized spacial score (nSPS) is 10.2. The molecule has 22 heavy (non-hydrogen) atoms. The minimum atomic E-state index is 0.464. The number of benzene rings is 2. The van der Waals surface area contributed by atoms with Gasteiger partial charge in [0.05, 0.1) is 13.7 Å². The summed E-state index contributed by atoms with van der Waals surface area (Å²) >= 11 is 0. The topological polar surface area (TPSA) is 44.8 Å². The fourth-order valence-electron chi connectivity index (χ4n) is 2.08. The van der Waals surface area contributed by atoms with Crippen molar-refractivity contribution in [1.29, 1.82) is 0 Å². The van der Waals surface area contributed by atoms with Crippen molar-refractivity contribution in [1.82, 2.24) is 0 Å². The number of ether oxygens (including phenoxy) is 3. The highest BCUT2D eigenvalue weighted by Gasteiger charge is 2.15. The Bertz CT molecular complexity index is 677. The molecule has 116 valence electrons. The molecule has 0 aliphatic heterocycles. The minimum absolute atomic E-state index is 0.464. The minimum Gasteiger partial charge on any atom is -0.493 e. The summed E-state index contributed by atoms with van der Waals surface area (Å²) in [4.78, 5) is 11.1. The number of hydrogen-bond donors (Lipinski definition) is 0. The van der Waals surface area contributed by atoms with E-state index in [2.05, 4.69) is 0 Å². The van der Waals surface area contributed by atoms with E-state index in [9.17, 15) is 4.79 Å². The molecular formula is C18H20O4. The van der Waals surface area contributed by atoms with E-state index in [1.165, 1.54) is 12.7 Å². The molecule has 4 nitrogen and oxygen atoms in total. The fourth-order valence-corrected chi connectivity index (χ4v) is 2.08. The van der Waals surface area contributed by atoms with Gasteiger partial charge in [0.2, 0.25) is 5.75 Å². The summed E-state index contributed by atoms with van der Waals surface area (Å²) in [5.41, 5.74) is 2.80. The first-order valence-electron chi connectivity index (χ1n) is 7.14. The molecule has 2 rings (SSSR count). The lowest BCUT2D eigenvalue weighted by Crippen LogP contribution is -2.00. The van der Waals surface area contributed by atoms with Crippen molar-refractivity contribution in [3.05, 3.63) is 47.0 Å². The SMILES string of the molecule is CCOc1c(OC)cc(C=O)cc1Oc1ccc(C)c(C)c1. The van der Waals surface area contributed by atoms with E-state index >= 15 is 0 Å². The van der Waals surface area contributed by atoms with Gasteiger partial charge in [0.1, 0.15) is 12.0 Å². The van der Waals surface area contributed by atoms with Crippen molar-refractivity contribution < 1.29 is 19.0 Å². The molecule has 0 spiro atoms. The molecule has 0 radical (unpaired) electrons. The molecule has 0 saturated heterocycles. The van der Waals surface area contributed by atoms with E-state index in [1.807, 2.05) is 39.0 Å². The van der Waals surface area contributed by atoms with Crippen LogP contribution in [0.15, 0.2) is 30.3 Å². The predicted octanol–water partition coefficient (Wildman–Crippen LogP) is 4.32. The van der Waals surface area contributed by atoms with Gasteiger partial charge in [-0.3, -0.25) is 4.79 Å². The summed E-state index contributed by atoms with van der Waals surface area (Å²) in [6.45, 7) is 6.42. The van der Waals surface area contributed by atoms with E-state index in [0.29, 0.717) is 35.2 Å². The second kappa shape index (κ2) is 6.98. The monoisotopic (exact) mass is 300 g/mol. The summed E-state index contributed by atoms with van der Waals surface area (Å²) in [5.74, 6) is 2.12. The van der Waals surface area contributed by atoms with Crippen LogP contribution in [0.1, 0.15) is 28.4 Å². The number of hydrogen-bond acceptors (Lipinski definition) is 4. The van der Waals surface area contributed by atoms with Crippen molar-refractivity contribution in [2.75, 3.05) is 13.7 Å². The molecule has 2 aromatic rings. The Hall–Kier alpha value is -2.49. The molecule has 0 unspecified atom stereocenters. The second-order valence-electron chi connectivity index (χ2n) is 4.95. The summed E-state index contributed by atoms with van der Waals surface area (Å²) in [5, 5.41) is 0. The quantitative estimate of drug-likeness (QED) is 0.745. The Morgan fingerprint density at radius 1 is 1.05 bits per heavy atom. The number of rotatable bonds is 6. The molecule has 0 amide bonds. The highest BCUT2D eigenvalue weighted by Crippen LogP contribution is 2.40. The van der Waals surface area contributed by atoms with Crippen molar-refractivity contribution in [2.45, 2.75) is 20.8 Å². The van der Waals surface area contributed by atoms with Gasteiger partial charge in [0.25, 0.3) is 0 Å². The van der Waals surface area contributed by atoms with Gasteiger partial charge in [-0.15, -0.1) is 0 Å². The Kier molecular flexibility index (Phi) is 5.04. The first-order valence-corrected chi connectivity index (χ1v) is 7.14. The number of aryl methyl sites for hydroxylation is 2. The number of methoxy groups -OCH3 is 1. The molecule has 4 heteroatoms. The fraction of sp³-hybridized carbons (Fsp3) is 0.278. The van der Waals surface area contributed by atoms with Crippen LogP contribution in [0.3, 0.4) is 0 Å². The zero-order chi connectivity index (χ0) is 16.1. The van der Waals surface area contributed by atoms with E-state index in [0.717, 1.165) is 11.8 Å². The van der Waals surface area contributed by atoms with Crippen LogP contribution in [0.4, 0.5) is 0 Å². The Balaban J connectivity index is 2.46. The zero-order valence-electron chi connectivity index (χ0n) is 13.3. The largest absolute Gasteiger partial charge is 0.493 e. The second-order valence-corrected chi connectivity index (χ2v) is 4.95. The molecule has 0 saturated carbocycles. The lowest BCUT2D eigenvalue weighted by Gasteiger charge is -2.16. The van der Waals surface area contributed by atoms with Crippen LogP contribution in [0.5, 0.6) is 23.0 Å². The Morgan fingerprint density at radius 3 is 2.36 bits per heavy atom. The molecule has 0 aromatic heterocycles. The molecule has 0 aliphatic carbocycles. The van der Waals surface area contributed by atoms with Crippen molar-refractivity contribution in [2.24, 2.45) is 0 Å². The van der Waals surface area contributed by atoms with Crippen LogP contribution >= 0.6 is 0 Å².